The van der Waals surface area contributed by atoms with Crippen molar-refractivity contribution >= 4 is 34.8 Å². The fraction of sp³-hybridized carbons (Fsp3) is 0.143. The molecule has 4 N–H and O–H groups in total. The Morgan fingerprint density at radius 1 is 1.50 bits per heavy atom. The van der Waals surface area contributed by atoms with Crippen molar-refractivity contribution in [3.05, 3.63) is 21.3 Å². The van der Waals surface area contributed by atoms with E-state index in [1.165, 1.54) is 11.3 Å². The third kappa shape index (κ3) is 2.69. The zero-order valence-corrected chi connectivity index (χ0v) is 8.61. The molecule has 0 unspecified atom stereocenters. The number of halogens is 1. The van der Waals surface area contributed by atoms with E-state index in [2.05, 4.69) is 5.32 Å². The fourth-order valence-corrected chi connectivity index (χ4v) is 1.69. The van der Waals surface area contributed by atoms with Crippen LogP contribution in [0.4, 0.5) is 0 Å². The molecule has 1 heterocycles. The molecule has 14 heavy (non-hydrogen) atoms. The number of hydrazine groups is 1. The van der Waals surface area contributed by atoms with E-state index in [9.17, 15) is 9.59 Å². The Balaban J connectivity index is 2.45. The van der Waals surface area contributed by atoms with Gasteiger partial charge in [0, 0.05) is 12.1 Å². The van der Waals surface area contributed by atoms with E-state index in [0.29, 0.717) is 4.34 Å². The van der Waals surface area contributed by atoms with E-state index in [4.69, 9.17) is 17.4 Å². The molecule has 0 radical (unpaired) electrons. The Hall–Kier alpha value is -1.11. The molecular formula is C7H8ClN3O2S. The van der Waals surface area contributed by atoms with Crippen LogP contribution in [0.25, 0.3) is 0 Å². The lowest BCUT2D eigenvalue weighted by Crippen LogP contribution is -2.42. The molecular weight excluding hydrogens is 226 g/mol. The van der Waals surface area contributed by atoms with E-state index in [0.717, 1.165) is 5.56 Å². The van der Waals surface area contributed by atoms with Crippen LogP contribution in [-0.4, -0.2) is 11.8 Å². The van der Waals surface area contributed by atoms with Crippen LogP contribution in [0, 0.1) is 0 Å². The average molecular weight is 234 g/mol. The van der Waals surface area contributed by atoms with Gasteiger partial charge in [-0.15, -0.1) is 11.3 Å². The molecule has 0 fully saturated rings. The number of hydrogen-bond donors (Lipinski definition) is 3. The normalized spacial score (nSPS) is 9.57. The quantitative estimate of drug-likeness (QED) is 0.291. The summed E-state index contributed by atoms with van der Waals surface area (Å²) in [5.74, 6) is 3.11. The SMILES string of the molecule is NNC(=O)C(=O)NCc1ccsc1Cl. The molecule has 7 heteroatoms. The maximum absolute atomic E-state index is 10.9. The summed E-state index contributed by atoms with van der Waals surface area (Å²) in [5, 5.41) is 4.17. The van der Waals surface area contributed by atoms with Gasteiger partial charge in [0.1, 0.15) is 0 Å². The number of nitrogens with one attached hydrogen (secondary N) is 2. The van der Waals surface area contributed by atoms with E-state index in [1.807, 2.05) is 0 Å². The molecule has 1 rings (SSSR count). The van der Waals surface area contributed by atoms with Gasteiger partial charge in [0.15, 0.2) is 0 Å². The molecule has 1 aromatic heterocycles. The highest BCUT2D eigenvalue weighted by Crippen LogP contribution is 2.22. The third-order valence-electron chi connectivity index (χ3n) is 1.47. The molecule has 1 aromatic rings. The first-order chi connectivity index (χ1) is 6.65. The van der Waals surface area contributed by atoms with Crippen LogP contribution in [0.3, 0.4) is 0 Å². The van der Waals surface area contributed by atoms with E-state index >= 15 is 0 Å². The number of nitrogens with two attached hydrogens (primary N) is 1. The highest BCUT2D eigenvalue weighted by atomic mass is 35.5. The molecule has 0 atom stereocenters. The summed E-state index contributed by atoms with van der Waals surface area (Å²) in [6.45, 7) is 0.217. The van der Waals surface area contributed by atoms with Gasteiger partial charge in [-0.1, -0.05) is 11.6 Å². The van der Waals surface area contributed by atoms with Crippen molar-refractivity contribution in [2.45, 2.75) is 6.54 Å². The minimum absolute atomic E-state index is 0.217. The van der Waals surface area contributed by atoms with E-state index in [1.54, 1.807) is 16.9 Å². The van der Waals surface area contributed by atoms with Gasteiger partial charge < -0.3 is 5.32 Å². The van der Waals surface area contributed by atoms with Gasteiger partial charge in [-0.3, -0.25) is 15.0 Å². The molecule has 0 bridgehead atoms. The Bertz CT molecular complexity index is 352. The molecule has 76 valence electrons. The third-order valence-corrected chi connectivity index (χ3v) is 2.72. The van der Waals surface area contributed by atoms with Crippen LogP contribution < -0.4 is 16.6 Å². The van der Waals surface area contributed by atoms with Crippen molar-refractivity contribution in [2.24, 2.45) is 5.84 Å². The van der Waals surface area contributed by atoms with Gasteiger partial charge in [0.2, 0.25) is 0 Å². The first kappa shape index (κ1) is 11.0. The molecule has 5 nitrogen and oxygen atoms in total. The largest absolute Gasteiger partial charge is 0.344 e. The van der Waals surface area contributed by atoms with Crippen molar-refractivity contribution in [3.8, 4) is 0 Å². The minimum atomic E-state index is -0.878. The predicted octanol–water partition coefficient (Wildman–Crippen LogP) is 0.00760. The standard InChI is InChI=1S/C7H8ClN3O2S/c8-5-4(1-2-14-5)3-10-6(12)7(13)11-9/h1-2H,3,9H2,(H,10,12)(H,11,13). The lowest BCUT2D eigenvalue weighted by Gasteiger charge is -2.02. The van der Waals surface area contributed by atoms with Crippen LogP contribution in [-0.2, 0) is 16.1 Å². The van der Waals surface area contributed by atoms with Crippen molar-refractivity contribution < 1.29 is 9.59 Å². The lowest BCUT2D eigenvalue weighted by molar-refractivity contribution is -0.139. The summed E-state index contributed by atoms with van der Waals surface area (Å²) in [4.78, 5) is 21.6. The number of carbonyl (C=O) groups excluding carboxylic acids is 2. The number of amides is 2. The number of carbonyl (C=O) groups is 2. The van der Waals surface area contributed by atoms with Crippen molar-refractivity contribution in [1.29, 1.82) is 0 Å². The Kier molecular flexibility index (Phi) is 3.87. The van der Waals surface area contributed by atoms with Crippen LogP contribution >= 0.6 is 22.9 Å². The van der Waals surface area contributed by atoms with Crippen LogP contribution in [0.5, 0.6) is 0 Å². The zero-order valence-electron chi connectivity index (χ0n) is 7.04. The van der Waals surface area contributed by atoms with E-state index < -0.39 is 11.8 Å². The summed E-state index contributed by atoms with van der Waals surface area (Å²) in [6, 6.07) is 1.77. The van der Waals surface area contributed by atoms with E-state index in [-0.39, 0.29) is 6.54 Å². The summed E-state index contributed by atoms with van der Waals surface area (Å²) < 4.78 is 0.596. The lowest BCUT2D eigenvalue weighted by atomic mass is 10.3. The van der Waals surface area contributed by atoms with Crippen molar-refractivity contribution in [3.63, 3.8) is 0 Å². The topological polar surface area (TPSA) is 84.2 Å². The first-order valence-corrected chi connectivity index (χ1v) is 4.91. The maximum atomic E-state index is 10.9. The molecule has 0 aromatic carbocycles. The highest BCUT2D eigenvalue weighted by molar-refractivity contribution is 7.14. The monoisotopic (exact) mass is 233 g/mol. The fourth-order valence-electron chi connectivity index (χ4n) is 0.767. The second-order valence-corrected chi connectivity index (χ2v) is 3.89. The van der Waals surface area contributed by atoms with Crippen LogP contribution in [0.15, 0.2) is 11.4 Å². The number of hydrogen-bond acceptors (Lipinski definition) is 4. The Morgan fingerprint density at radius 3 is 2.71 bits per heavy atom. The van der Waals surface area contributed by atoms with Gasteiger partial charge in [0.05, 0.1) is 4.34 Å². The molecule has 2 amide bonds. The summed E-state index contributed by atoms with van der Waals surface area (Å²) in [5.41, 5.74) is 2.50. The Labute approximate surface area is 89.2 Å². The van der Waals surface area contributed by atoms with Gasteiger partial charge in [0.25, 0.3) is 0 Å². The second kappa shape index (κ2) is 4.94. The molecule has 0 aliphatic heterocycles. The smallest absolute Gasteiger partial charge is 0.323 e. The first-order valence-electron chi connectivity index (χ1n) is 3.65. The Morgan fingerprint density at radius 2 is 2.21 bits per heavy atom. The van der Waals surface area contributed by atoms with Gasteiger partial charge in [-0.05, 0) is 11.4 Å². The second-order valence-electron chi connectivity index (χ2n) is 2.38. The summed E-state index contributed by atoms with van der Waals surface area (Å²) in [7, 11) is 0. The predicted molar refractivity (Wildman–Crippen MR) is 53.5 cm³/mol. The molecule has 0 spiro atoms. The average Bonchev–Trinajstić information content (AvgIpc) is 2.59. The van der Waals surface area contributed by atoms with Crippen molar-refractivity contribution in [2.75, 3.05) is 0 Å². The molecule has 0 saturated heterocycles. The molecule has 0 aliphatic carbocycles. The van der Waals surface area contributed by atoms with Gasteiger partial charge >= 0.3 is 11.8 Å². The van der Waals surface area contributed by atoms with Crippen molar-refractivity contribution in [1.82, 2.24) is 10.7 Å². The summed E-state index contributed by atoms with van der Waals surface area (Å²) >= 11 is 7.14. The number of rotatable bonds is 2. The molecule has 0 saturated carbocycles. The van der Waals surface area contributed by atoms with Crippen LogP contribution in [0.2, 0.25) is 4.34 Å². The maximum Gasteiger partial charge on any atom is 0.323 e. The van der Waals surface area contributed by atoms with Gasteiger partial charge in [-0.25, -0.2) is 5.84 Å². The van der Waals surface area contributed by atoms with Gasteiger partial charge in [-0.2, -0.15) is 0 Å². The highest BCUT2D eigenvalue weighted by Gasteiger charge is 2.11. The zero-order chi connectivity index (χ0) is 10.6. The molecule has 0 aliphatic rings. The minimum Gasteiger partial charge on any atom is -0.344 e. The van der Waals surface area contributed by atoms with Crippen LogP contribution in [0.1, 0.15) is 5.56 Å². The summed E-state index contributed by atoms with van der Waals surface area (Å²) in [6.07, 6.45) is 0. The number of thiophene rings is 1.